The first-order valence-electron chi connectivity index (χ1n) is 11.1. The molecule has 1 atom stereocenters. The van der Waals surface area contributed by atoms with E-state index in [0.29, 0.717) is 28.3 Å². The fourth-order valence-electron chi connectivity index (χ4n) is 4.25. The van der Waals surface area contributed by atoms with Gasteiger partial charge in [-0.05, 0) is 73.2 Å². The van der Waals surface area contributed by atoms with Gasteiger partial charge in [0.2, 0.25) is 0 Å². The van der Waals surface area contributed by atoms with Gasteiger partial charge in [0.15, 0.2) is 5.76 Å². The molecule has 1 fully saturated rings. The highest BCUT2D eigenvalue weighted by molar-refractivity contribution is 6.51. The maximum Gasteiger partial charge on any atom is 0.300 e. The van der Waals surface area contributed by atoms with Crippen LogP contribution in [0.5, 0.6) is 5.75 Å². The molecule has 1 saturated heterocycles. The molecule has 0 saturated carbocycles. The highest BCUT2D eigenvalue weighted by Gasteiger charge is 2.47. The lowest BCUT2D eigenvalue weighted by molar-refractivity contribution is -0.132. The highest BCUT2D eigenvalue weighted by atomic mass is 19.1. The molecular weight excluding hydrogens is 463 g/mol. The third-order valence-corrected chi connectivity index (χ3v) is 6.05. The van der Waals surface area contributed by atoms with Gasteiger partial charge in [0.25, 0.3) is 11.7 Å². The van der Waals surface area contributed by atoms with Crippen LogP contribution in [0.25, 0.3) is 17.1 Å². The maximum atomic E-state index is 13.7. The van der Waals surface area contributed by atoms with Crippen LogP contribution in [0.4, 0.5) is 10.1 Å². The topological polar surface area (TPSA) is 92.9 Å². The quantitative estimate of drug-likeness (QED) is 0.231. The summed E-state index contributed by atoms with van der Waals surface area (Å²) in [6.45, 7) is 1.81. The molecule has 0 spiro atoms. The largest absolute Gasteiger partial charge is 0.507 e. The Kier molecular flexibility index (Phi) is 5.85. The monoisotopic (exact) mass is 484 g/mol. The number of benzene rings is 3. The number of hydrogen-bond acceptors (Lipinski definition) is 6. The van der Waals surface area contributed by atoms with E-state index < -0.39 is 23.5 Å². The number of aliphatic hydroxyl groups is 1. The minimum Gasteiger partial charge on any atom is -0.507 e. The average molecular weight is 484 g/mol. The number of carbonyl (C=O) groups excluding carboxylic acids is 2. The van der Waals surface area contributed by atoms with Gasteiger partial charge in [-0.1, -0.05) is 17.3 Å². The Morgan fingerprint density at radius 3 is 2.25 bits per heavy atom. The first-order valence-corrected chi connectivity index (χ1v) is 11.1. The summed E-state index contributed by atoms with van der Waals surface area (Å²) in [6.07, 6.45) is 0. The zero-order valence-corrected chi connectivity index (χ0v) is 19.4. The van der Waals surface area contributed by atoms with Crippen molar-refractivity contribution in [2.75, 3.05) is 12.0 Å². The molecule has 1 N–H and O–H groups in total. The number of aryl methyl sites for hydroxylation is 1. The number of rotatable bonds is 5. The van der Waals surface area contributed by atoms with Gasteiger partial charge in [0.05, 0.1) is 24.4 Å². The van der Waals surface area contributed by atoms with Gasteiger partial charge < -0.3 is 14.4 Å². The molecule has 36 heavy (non-hydrogen) atoms. The molecule has 5 rings (SSSR count). The number of Topliss-reactive ketones (excluding diaryl/α,β-unsaturated/α-hetero) is 1. The van der Waals surface area contributed by atoms with Crippen LogP contribution in [0.15, 0.2) is 89.0 Å². The number of halogens is 1. The van der Waals surface area contributed by atoms with Crippen LogP contribution in [-0.2, 0) is 9.59 Å². The van der Waals surface area contributed by atoms with Gasteiger partial charge in [-0.2, -0.15) is 0 Å². The van der Waals surface area contributed by atoms with E-state index >= 15 is 0 Å². The molecule has 1 aliphatic rings. The Morgan fingerprint density at radius 2 is 1.67 bits per heavy atom. The molecule has 4 aromatic rings. The van der Waals surface area contributed by atoms with Gasteiger partial charge in [0.1, 0.15) is 17.3 Å². The Bertz CT molecular complexity index is 1470. The van der Waals surface area contributed by atoms with Gasteiger partial charge in [-0.25, -0.2) is 4.39 Å². The summed E-state index contributed by atoms with van der Waals surface area (Å²) < 4.78 is 24.2. The predicted molar refractivity (Wildman–Crippen MR) is 131 cm³/mol. The van der Waals surface area contributed by atoms with Crippen molar-refractivity contribution in [2.24, 2.45) is 0 Å². The number of carbonyl (C=O) groups is 2. The Balaban J connectivity index is 1.63. The summed E-state index contributed by atoms with van der Waals surface area (Å²) in [5.41, 5.74) is 2.63. The van der Waals surface area contributed by atoms with E-state index in [1.54, 1.807) is 54.6 Å². The van der Waals surface area contributed by atoms with E-state index in [1.165, 1.54) is 36.3 Å². The fourth-order valence-corrected chi connectivity index (χ4v) is 4.25. The first-order chi connectivity index (χ1) is 17.4. The predicted octanol–water partition coefficient (Wildman–Crippen LogP) is 5.42. The lowest BCUT2D eigenvalue weighted by Gasteiger charge is -2.25. The molecule has 8 heteroatoms. The smallest absolute Gasteiger partial charge is 0.300 e. The third kappa shape index (κ3) is 4.02. The van der Waals surface area contributed by atoms with Crippen LogP contribution >= 0.6 is 0 Å². The van der Waals surface area contributed by atoms with Crippen molar-refractivity contribution in [3.05, 3.63) is 107 Å². The molecule has 0 radical (unpaired) electrons. The second-order valence-corrected chi connectivity index (χ2v) is 8.33. The zero-order valence-electron chi connectivity index (χ0n) is 19.4. The standard InChI is InChI=1S/C28H21FN2O5/c1-16-15-23(36-30-16)17-5-11-21(12-6-17)31-25(18-3-9-20(29)10-4-18)24(27(33)28(31)34)26(32)19-7-13-22(35-2)14-8-19/h3-15,25,32H,1-2H3. The van der Waals surface area contributed by atoms with E-state index in [0.717, 1.165) is 11.3 Å². The number of ketones is 1. The summed E-state index contributed by atoms with van der Waals surface area (Å²) >= 11 is 0. The average Bonchev–Trinajstić information content (AvgIpc) is 3.45. The van der Waals surface area contributed by atoms with E-state index in [-0.39, 0.29) is 11.3 Å². The van der Waals surface area contributed by atoms with Crippen LogP contribution in [0, 0.1) is 12.7 Å². The minimum atomic E-state index is -0.967. The molecule has 1 aliphatic heterocycles. The van der Waals surface area contributed by atoms with Crippen molar-refractivity contribution in [2.45, 2.75) is 13.0 Å². The van der Waals surface area contributed by atoms with Crippen LogP contribution in [0.3, 0.4) is 0 Å². The molecule has 3 aromatic carbocycles. The molecule has 1 aromatic heterocycles. The van der Waals surface area contributed by atoms with E-state index in [2.05, 4.69) is 5.16 Å². The normalized spacial score (nSPS) is 17.0. The van der Waals surface area contributed by atoms with Crippen molar-refractivity contribution in [1.29, 1.82) is 0 Å². The molecule has 1 amide bonds. The maximum absolute atomic E-state index is 13.7. The zero-order chi connectivity index (χ0) is 25.4. The molecule has 2 heterocycles. The lowest BCUT2D eigenvalue weighted by atomic mass is 9.95. The molecule has 0 bridgehead atoms. The Labute approximate surface area is 206 Å². The number of aromatic nitrogens is 1. The van der Waals surface area contributed by atoms with Gasteiger partial charge in [-0.3, -0.25) is 14.5 Å². The van der Waals surface area contributed by atoms with Crippen molar-refractivity contribution in [1.82, 2.24) is 5.16 Å². The summed E-state index contributed by atoms with van der Waals surface area (Å²) in [6, 6.07) is 19.6. The van der Waals surface area contributed by atoms with Crippen molar-refractivity contribution in [3.8, 4) is 17.1 Å². The number of ether oxygens (including phenoxy) is 1. The number of anilines is 1. The van der Waals surface area contributed by atoms with Crippen molar-refractivity contribution in [3.63, 3.8) is 0 Å². The van der Waals surface area contributed by atoms with E-state index in [9.17, 15) is 19.1 Å². The van der Waals surface area contributed by atoms with Crippen LogP contribution in [0.1, 0.15) is 22.9 Å². The van der Waals surface area contributed by atoms with Gasteiger partial charge in [0, 0.05) is 22.9 Å². The second kappa shape index (κ2) is 9.14. The van der Waals surface area contributed by atoms with Gasteiger partial charge in [-0.15, -0.1) is 0 Å². The van der Waals surface area contributed by atoms with Crippen LogP contribution in [-0.4, -0.2) is 29.1 Å². The number of amides is 1. The summed E-state index contributed by atoms with van der Waals surface area (Å²) in [5.74, 6) is -1.30. The van der Waals surface area contributed by atoms with Gasteiger partial charge >= 0.3 is 0 Å². The van der Waals surface area contributed by atoms with Crippen LogP contribution in [0.2, 0.25) is 0 Å². The first kappa shape index (κ1) is 23.0. The SMILES string of the molecule is COc1ccc(C(O)=C2C(=O)C(=O)N(c3ccc(-c4cc(C)no4)cc3)C2c2ccc(F)cc2)cc1. The van der Waals surface area contributed by atoms with E-state index in [1.807, 2.05) is 6.92 Å². The summed E-state index contributed by atoms with van der Waals surface area (Å²) in [7, 11) is 1.52. The van der Waals surface area contributed by atoms with Crippen molar-refractivity contribution >= 4 is 23.1 Å². The summed E-state index contributed by atoms with van der Waals surface area (Å²) in [5, 5.41) is 15.0. The number of hydrogen-bond donors (Lipinski definition) is 1. The molecule has 1 unspecified atom stereocenters. The fraction of sp³-hybridized carbons (Fsp3) is 0.107. The Hall–Kier alpha value is -4.72. The third-order valence-electron chi connectivity index (χ3n) is 6.05. The number of aliphatic hydroxyl groups excluding tert-OH is 1. The minimum absolute atomic E-state index is 0.0910. The molecular formula is C28H21FN2O5. The number of nitrogens with zero attached hydrogens (tertiary/aromatic N) is 2. The Morgan fingerprint density at radius 1 is 1.00 bits per heavy atom. The molecule has 180 valence electrons. The van der Waals surface area contributed by atoms with Crippen LogP contribution < -0.4 is 9.64 Å². The van der Waals surface area contributed by atoms with E-state index in [4.69, 9.17) is 9.26 Å². The lowest BCUT2D eigenvalue weighted by Crippen LogP contribution is -2.29. The summed E-state index contributed by atoms with van der Waals surface area (Å²) in [4.78, 5) is 27.8. The number of methoxy groups -OCH3 is 1. The molecule has 0 aliphatic carbocycles. The highest BCUT2D eigenvalue weighted by Crippen LogP contribution is 2.42. The second-order valence-electron chi connectivity index (χ2n) is 8.33. The molecule has 7 nitrogen and oxygen atoms in total. The van der Waals surface area contributed by atoms with Crippen molar-refractivity contribution < 1.29 is 28.3 Å².